The van der Waals surface area contributed by atoms with Gasteiger partial charge in [-0.2, -0.15) is 0 Å². The second kappa shape index (κ2) is 9.47. The Morgan fingerprint density at radius 3 is 2.71 bits per heavy atom. The maximum Gasteiger partial charge on any atom is 0.241 e. The number of hydrogen-bond donors (Lipinski definition) is 2. The van der Waals surface area contributed by atoms with Gasteiger partial charge in [-0.25, -0.2) is 4.39 Å². The van der Waals surface area contributed by atoms with E-state index in [0.717, 1.165) is 19.4 Å². The van der Waals surface area contributed by atoms with Crippen LogP contribution in [0.4, 0.5) is 10.1 Å². The summed E-state index contributed by atoms with van der Waals surface area (Å²) in [7, 11) is 0. The number of rotatable bonds is 9. The second-order valence-corrected chi connectivity index (χ2v) is 5.14. The van der Waals surface area contributed by atoms with Crippen molar-refractivity contribution in [3.8, 4) is 0 Å². The first-order valence-electron chi connectivity index (χ1n) is 7.49. The van der Waals surface area contributed by atoms with Gasteiger partial charge in [0, 0.05) is 18.8 Å². The van der Waals surface area contributed by atoms with Crippen molar-refractivity contribution in [2.45, 2.75) is 39.2 Å². The predicted octanol–water partition coefficient (Wildman–Crippen LogP) is 2.64. The fourth-order valence-corrected chi connectivity index (χ4v) is 2.11. The number of anilines is 1. The van der Waals surface area contributed by atoms with E-state index in [9.17, 15) is 9.18 Å². The molecule has 1 amide bonds. The number of carbonyl (C=O) groups is 1. The minimum absolute atomic E-state index is 0.112. The molecule has 1 aromatic rings. The van der Waals surface area contributed by atoms with Crippen LogP contribution in [-0.4, -0.2) is 41.7 Å². The Kier molecular flexibility index (Phi) is 7.93. The molecule has 1 rings (SSSR count). The summed E-state index contributed by atoms with van der Waals surface area (Å²) >= 11 is 0. The van der Waals surface area contributed by atoms with Crippen molar-refractivity contribution < 1.29 is 14.3 Å². The molecule has 0 heterocycles. The lowest BCUT2D eigenvalue weighted by Crippen LogP contribution is -2.43. The highest BCUT2D eigenvalue weighted by molar-refractivity contribution is 5.94. The standard InChI is InChI=1S/C16H25FN2O2/c1-3-4-9-19(10-6-11-20)13(2)16(21)18-15-8-5-7-14(17)12-15/h5,7-8,12-13,20H,3-4,6,9-11H2,1-2H3,(H,18,21). The van der Waals surface area contributed by atoms with E-state index in [1.807, 2.05) is 11.8 Å². The number of amides is 1. The van der Waals surface area contributed by atoms with Crippen LogP contribution in [0.2, 0.25) is 0 Å². The number of benzene rings is 1. The number of carbonyl (C=O) groups excluding carboxylic acids is 1. The normalized spacial score (nSPS) is 12.4. The molecule has 0 aliphatic carbocycles. The van der Waals surface area contributed by atoms with Gasteiger partial charge in [0.25, 0.3) is 0 Å². The van der Waals surface area contributed by atoms with Crippen LogP contribution in [0.15, 0.2) is 24.3 Å². The smallest absolute Gasteiger partial charge is 0.241 e. The lowest BCUT2D eigenvalue weighted by Gasteiger charge is -2.28. The van der Waals surface area contributed by atoms with Gasteiger partial charge < -0.3 is 10.4 Å². The van der Waals surface area contributed by atoms with Crippen molar-refractivity contribution in [2.75, 3.05) is 25.0 Å². The van der Waals surface area contributed by atoms with E-state index in [4.69, 9.17) is 5.11 Å². The second-order valence-electron chi connectivity index (χ2n) is 5.14. The van der Waals surface area contributed by atoms with Gasteiger partial charge in [0.05, 0.1) is 6.04 Å². The Morgan fingerprint density at radius 1 is 1.38 bits per heavy atom. The minimum atomic E-state index is -0.372. The summed E-state index contributed by atoms with van der Waals surface area (Å²) in [6.45, 7) is 5.53. The molecule has 118 valence electrons. The number of halogens is 1. The van der Waals surface area contributed by atoms with Crippen LogP contribution >= 0.6 is 0 Å². The molecular weight excluding hydrogens is 271 g/mol. The first kappa shape index (κ1) is 17.6. The summed E-state index contributed by atoms with van der Waals surface area (Å²) in [5, 5.41) is 11.7. The summed E-state index contributed by atoms with van der Waals surface area (Å²) in [5.74, 6) is -0.529. The Bertz CT molecular complexity index is 432. The van der Waals surface area contributed by atoms with Crippen molar-refractivity contribution in [1.82, 2.24) is 4.90 Å². The lowest BCUT2D eigenvalue weighted by atomic mass is 10.2. The van der Waals surface area contributed by atoms with Crippen LogP contribution in [0, 0.1) is 5.82 Å². The summed E-state index contributed by atoms with van der Waals surface area (Å²) in [6.07, 6.45) is 2.69. The molecule has 4 nitrogen and oxygen atoms in total. The number of aliphatic hydroxyl groups excluding tert-OH is 1. The molecule has 0 aliphatic rings. The lowest BCUT2D eigenvalue weighted by molar-refractivity contribution is -0.120. The van der Waals surface area contributed by atoms with E-state index in [1.54, 1.807) is 12.1 Å². The molecule has 1 aromatic carbocycles. The molecule has 2 N–H and O–H groups in total. The maximum atomic E-state index is 13.1. The van der Waals surface area contributed by atoms with E-state index in [2.05, 4.69) is 12.2 Å². The first-order chi connectivity index (χ1) is 10.1. The topological polar surface area (TPSA) is 52.6 Å². The highest BCUT2D eigenvalue weighted by Crippen LogP contribution is 2.11. The van der Waals surface area contributed by atoms with Gasteiger partial charge in [0.15, 0.2) is 0 Å². The van der Waals surface area contributed by atoms with Crippen LogP contribution in [0.3, 0.4) is 0 Å². The van der Waals surface area contributed by atoms with Crippen molar-refractivity contribution in [3.63, 3.8) is 0 Å². The summed E-state index contributed by atoms with van der Waals surface area (Å²) < 4.78 is 13.1. The minimum Gasteiger partial charge on any atom is -0.396 e. The van der Waals surface area contributed by atoms with Gasteiger partial charge in [-0.05, 0) is 44.5 Å². The van der Waals surface area contributed by atoms with Gasteiger partial charge in [-0.1, -0.05) is 19.4 Å². The summed E-state index contributed by atoms with van der Waals surface area (Å²) in [5.41, 5.74) is 0.462. The van der Waals surface area contributed by atoms with Crippen molar-refractivity contribution in [2.24, 2.45) is 0 Å². The molecule has 1 unspecified atom stereocenters. The van der Waals surface area contributed by atoms with Gasteiger partial charge in [-0.3, -0.25) is 9.69 Å². The molecule has 0 radical (unpaired) electrons. The number of nitrogens with zero attached hydrogens (tertiary/aromatic N) is 1. The zero-order chi connectivity index (χ0) is 15.7. The van der Waals surface area contributed by atoms with Crippen LogP contribution in [0.25, 0.3) is 0 Å². The zero-order valence-corrected chi connectivity index (χ0v) is 12.8. The van der Waals surface area contributed by atoms with E-state index in [-0.39, 0.29) is 24.4 Å². The van der Waals surface area contributed by atoms with Gasteiger partial charge in [0.2, 0.25) is 5.91 Å². The molecule has 21 heavy (non-hydrogen) atoms. The summed E-state index contributed by atoms with van der Waals surface area (Å²) in [4.78, 5) is 14.3. The molecule has 0 aliphatic heterocycles. The Hall–Kier alpha value is -1.46. The molecule has 5 heteroatoms. The quantitative estimate of drug-likeness (QED) is 0.736. The molecular formula is C16H25FN2O2. The third-order valence-corrected chi connectivity index (χ3v) is 3.42. The fraction of sp³-hybridized carbons (Fsp3) is 0.562. The number of nitrogens with one attached hydrogen (secondary N) is 1. The van der Waals surface area contributed by atoms with Crippen molar-refractivity contribution in [1.29, 1.82) is 0 Å². The highest BCUT2D eigenvalue weighted by atomic mass is 19.1. The average Bonchev–Trinajstić information content (AvgIpc) is 2.47. The van der Waals surface area contributed by atoms with Crippen molar-refractivity contribution in [3.05, 3.63) is 30.1 Å². The first-order valence-corrected chi connectivity index (χ1v) is 7.49. The molecule has 0 saturated heterocycles. The van der Waals surface area contributed by atoms with E-state index < -0.39 is 0 Å². The molecule has 0 bridgehead atoms. The van der Waals surface area contributed by atoms with Crippen LogP contribution in [0.1, 0.15) is 33.1 Å². The maximum absolute atomic E-state index is 13.1. The van der Waals surface area contributed by atoms with E-state index in [1.165, 1.54) is 12.1 Å². The fourth-order valence-electron chi connectivity index (χ4n) is 2.11. The van der Waals surface area contributed by atoms with E-state index >= 15 is 0 Å². The highest BCUT2D eigenvalue weighted by Gasteiger charge is 2.20. The molecule has 0 saturated carbocycles. The van der Waals surface area contributed by atoms with E-state index in [0.29, 0.717) is 18.7 Å². The Balaban J connectivity index is 2.63. The zero-order valence-electron chi connectivity index (χ0n) is 12.8. The number of hydrogen-bond acceptors (Lipinski definition) is 3. The number of aliphatic hydroxyl groups is 1. The van der Waals surface area contributed by atoms with Crippen LogP contribution < -0.4 is 5.32 Å². The molecule has 0 spiro atoms. The number of unbranched alkanes of at least 4 members (excludes halogenated alkanes) is 1. The van der Waals surface area contributed by atoms with Crippen molar-refractivity contribution >= 4 is 11.6 Å². The Morgan fingerprint density at radius 2 is 2.10 bits per heavy atom. The third kappa shape index (κ3) is 6.23. The van der Waals surface area contributed by atoms with Gasteiger partial charge >= 0.3 is 0 Å². The van der Waals surface area contributed by atoms with Gasteiger partial charge in [-0.15, -0.1) is 0 Å². The average molecular weight is 296 g/mol. The summed E-state index contributed by atoms with van der Waals surface area (Å²) in [6, 6.07) is 5.56. The molecule has 0 fully saturated rings. The largest absolute Gasteiger partial charge is 0.396 e. The predicted molar refractivity (Wildman–Crippen MR) is 82.7 cm³/mol. The Labute approximate surface area is 126 Å². The van der Waals surface area contributed by atoms with Crippen LogP contribution in [-0.2, 0) is 4.79 Å². The van der Waals surface area contributed by atoms with Gasteiger partial charge in [0.1, 0.15) is 5.82 Å². The third-order valence-electron chi connectivity index (χ3n) is 3.42. The molecule has 1 atom stereocenters. The van der Waals surface area contributed by atoms with Crippen LogP contribution in [0.5, 0.6) is 0 Å². The monoisotopic (exact) mass is 296 g/mol. The SMILES string of the molecule is CCCCN(CCCO)C(C)C(=O)Nc1cccc(F)c1. The molecule has 0 aromatic heterocycles.